The van der Waals surface area contributed by atoms with Gasteiger partial charge in [0.1, 0.15) is 10.8 Å². The van der Waals surface area contributed by atoms with Crippen LogP contribution in [0.3, 0.4) is 0 Å². The van der Waals surface area contributed by atoms with Crippen LogP contribution >= 0.6 is 11.8 Å². The lowest BCUT2D eigenvalue weighted by atomic mass is 9.98. The number of pyridine rings is 1. The molecule has 2 aromatic heterocycles. The second-order valence-corrected chi connectivity index (χ2v) is 10.2. The lowest BCUT2D eigenvalue weighted by Crippen LogP contribution is -2.41. The van der Waals surface area contributed by atoms with Gasteiger partial charge in [-0.3, -0.25) is 4.79 Å². The molecule has 0 radical (unpaired) electrons. The summed E-state index contributed by atoms with van der Waals surface area (Å²) in [5.41, 5.74) is 2.40. The third-order valence-corrected chi connectivity index (χ3v) is 7.48. The number of carbonyl (C=O) groups excluding carboxylic acids is 1. The summed E-state index contributed by atoms with van der Waals surface area (Å²) in [6.07, 6.45) is 4.40. The van der Waals surface area contributed by atoms with E-state index in [4.69, 9.17) is 4.52 Å². The van der Waals surface area contributed by atoms with E-state index >= 15 is 0 Å². The van der Waals surface area contributed by atoms with Gasteiger partial charge in [0.2, 0.25) is 10.0 Å². The van der Waals surface area contributed by atoms with Crippen LogP contribution in [-0.4, -0.2) is 54.7 Å². The van der Waals surface area contributed by atoms with E-state index in [1.54, 1.807) is 18.3 Å². The van der Waals surface area contributed by atoms with Crippen LogP contribution in [0.5, 0.6) is 0 Å². The normalized spacial score (nSPS) is 16.1. The van der Waals surface area contributed by atoms with Crippen LogP contribution in [-0.2, 0) is 15.8 Å². The fourth-order valence-electron chi connectivity index (χ4n) is 3.30. The maximum absolute atomic E-state index is 12.7. The lowest BCUT2D eigenvalue weighted by molar-refractivity contribution is 0.0938. The highest BCUT2D eigenvalue weighted by molar-refractivity contribution is 7.98. The van der Waals surface area contributed by atoms with Crippen molar-refractivity contribution in [3.05, 3.63) is 40.9 Å². The maximum atomic E-state index is 12.7. The maximum Gasteiger partial charge on any atom is 0.254 e. The molecule has 0 saturated carbocycles. The zero-order valence-electron chi connectivity index (χ0n) is 16.8. The number of aryl methyl sites for hydroxylation is 2. The van der Waals surface area contributed by atoms with Crippen molar-refractivity contribution in [1.29, 1.82) is 0 Å². The minimum atomic E-state index is -3.14. The molecule has 3 rings (SSSR count). The molecule has 0 bridgehead atoms. The Hall–Kier alpha value is -1.91. The van der Waals surface area contributed by atoms with E-state index in [-0.39, 0.29) is 11.8 Å². The number of amides is 1. The highest BCUT2D eigenvalue weighted by Gasteiger charge is 2.25. The molecule has 0 aromatic carbocycles. The molecule has 10 heteroatoms. The number of piperidine rings is 1. The van der Waals surface area contributed by atoms with Crippen LogP contribution < -0.4 is 5.32 Å². The average molecular weight is 439 g/mol. The van der Waals surface area contributed by atoms with Gasteiger partial charge >= 0.3 is 0 Å². The molecule has 1 saturated heterocycles. The number of carbonyl (C=O) groups is 1. The molecule has 158 valence electrons. The van der Waals surface area contributed by atoms with E-state index in [1.807, 2.05) is 13.8 Å². The van der Waals surface area contributed by atoms with Gasteiger partial charge in [-0.05, 0) is 44.7 Å². The van der Waals surface area contributed by atoms with Crippen LogP contribution in [0.25, 0.3) is 0 Å². The molecule has 0 atom stereocenters. The molecule has 0 aliphatic carbocycles. The van der Waals surface area contributed by atoms with E-state index in [1.165, 1.54) is 22.3 Å². The van der Waals surface area contributed by atoms with E-state index in [0.29, 0.717) is 36.0 Å². The summed E-state index contributed by atoms with van der Waals surface area (Å²) in [5.74, 6) is 1.51. The van der Waals surface area contributed by atoms with Crippen molar-refractivity contribution in [3.63, 3.8) is 0 Å². The minimum absolute atomic E-state index is 0.162. The Morgan fingerprint density at radius 2 is 2.07 bits per heavy atom. The van der Waals surface area contributed by atoms with Crippen LogP contribution in [0, 0.1) is 19.8 Å². The van der Waals surface area contributed by atoms with Gasteiger partial charge in [0.15, 0.2) is 0 Å². The van der Waals surface area contributed by atoms with Crippen molar-refractivity contribution in [2.75, 3.05) is 25.9 Å². The molecular formula is C19H26N4O4S2. The zero-order chi connectivity index (χ0) is 21.0. The Balaban J connectivity index is 1.56. The van der Waals surface area contributed by atoms with Gasteiger partial charge in [0, 0.05) is 37.1 Å². The number of thioether (sulfide) groups is 1. The molecular weight excluding hydrogens is 412 g/mol. The predicted molar refractivity (Wildman–Crippen MR) is 111 cm³/mol. The van der Waals surface area contributed by atoms with Gasteiger partial charge in [-0.15, -0.1) is 11.8 Å². The molecule has 29 heavy (non-hydrogen) atoms. The van der Waals surface area contributed by atoms with Gasteiger partial charge in [-0.2, -0.15) is 0 Å². The van der Waals surface area contributed by atoms with E-state index in [9.17, 15) is 13.2 Å². The van der Waals surface area contributed by atoms with Gasteiger partial charge in [0.05, 0.1) is 17.5 Å². The number of nitrogens with one attached hydrogen (secondary N) is 1. The average Bonchev–Trinajstić information content (AvgIpc) is 3.02. The summed E-state index contributed by atoms with van der Waals surface area (Å²) in [5, 5.41) is 7.61. The third kappa shape index (κ3) is 5.58. The van der Waals surface area contributed by atoms with Crippen LogP contribution in [0.1, 0.15) is 40.2 Å². The summed E-state index contributed by atoms with van der Waals surface area (Å²) < 4.78 is 29.9. The minimum Gasteiger partial charge on any atom is -0.361 e. The SMILES string of the molecule is Cc1noc(C)c1CSc1ncccc1C(=O)NCC1CCN(S(C)(=O)=O)CC1. The monoisotopic (exact) mass is 438 g/mol. The highest BCUT2D eigenvalue weighted by atomic mass is 32.2. The summed E-state index contributed by atoms with van der Waals surface area (Å²) in [6, 6.07) is 3.52. The second kappa shape index (κ2) is 9.27. The molecule has 1 fully saturated rings. The number of hydrogen-bond donors (Lipinski definition) is 1. The summed E-state index contributed by atoms with van der Waals surface area (Å²) in [6.45, 7) is 5.30. The Morgan fingerprint density at radius 3 is 2.69 bits per heavy atom. The lowest BCUT2D eigenvalue weighted by Gasteiger charge is -2.30. The van der Waals surface area contributed by atoms with Crippen molar-refractivity contribution < 1.29 is 17.7 Å². The quantitative estimate of drug-likeness (QED) is 0.662. The van der Waals surface area contributed by atoms with Crippen LogP contribution in [0.15, 0.2) is 27.9 Å². The molecule has 8 nitrogen and oxygen atoms in total. The Kier molecular flexibility index (Phi) is 6.97. The van der Waals surface area contributed by atoms with Crippen molar-refractivity contribution >= 4 is 27.7 Å². The largest absolute Gasteiger partial charge is 0.361 e. The summed E-state index contributed by atoms with van der Waals surface area (Å²) in [7, 11) is -3.14. The van der Waals surface area contributed by atoms with Gasteiger partial charge in [-0.1, -0.05) is 5.16 Å². The van der Waals surface area contributed by atoms with E-state index in [0.717, 1.165) is 29.9 Å². The molecule has 0 unspecified atom stereocenters. The Morgan fingerprint density at radius 1 is 1.34 bits per heavy atom. The number of hydrogen-bond acceptors (Lipinski definition) is 7. The van der Waals surface area contributed by atoms with E-state index < -0.39 is 10.0 Å². The predicted octanol–water partition coefficient (Wildman–Crippen LogP) is 2.38. The first-order valence-corrected chi connectivity index (χ1v) is 12.3. The topological polar surface area (TPSA) is 105 Å². The van der Waals surface area contributed by atoms with Crippen LogP contribution in [0.4, 0.5) is 0 Å². The number of nitrogens with zero attached hydrogens (tertiary/aromatic N) is 3. The molecule has 2 aromatic rings. The van der Waals surface area contributed by atoms with Crippen molar-refractivity contribution in [3.8, 4) is 0 Å². The van der Waals surface area contributed by atoms with Crippen molar-refractivity contribution in [1.82, 2.24) is 19.8 Å². The third-order valence-electron chi connectivity index (χ3n) is 5.14. The summed E-state index contributed by atoms with van der Waals surface area (Å²) in [4.78, 5) is 17.1. The molecule has 1 aliphatic heterocycles. The second-order valence-electron chi connectivity index (χ2n) is 7.26. The smallest absolute Gasteiger partial charge is 0.254 e. The highest BCUT2D eigenvalue weighted by Crippen LogP contribution is 2.27. The van der Waals surface area contributed by atoms with E-state index in [2.05, 4.69) is 15.5 Å². The van der Waals surface area contributed by atoms with Gasteiger partial charge in [0.25, 0.3) is 5.91 Å². The molecule has 0 spiro atoms. The first kappa shape index (κ1) is 21.8. The first-order chi connectivity index (χ1) is 13.8. The Labute approximate surface area is 175 Å². The van der Waals surface area contributed by atoms with Crippen molar-refractivity contribution in [2.24, 2.45) is 5.92 Å². The van der Waals surface area contributed by atoms with Crippen molar-refractivity contribution in [2.45, 2.75) is 37.5 Å². The molecule has 1 amide bonds. The standard InChI is InChI=1S/C19H26N4O4S2/c1-13-17(14(2)27-22-13)12-28-19-16(5-4-8-20-19)18(24)21-11-15-6-9-23(10-7-15)29(3,25)26/h4-5,8,15H,6-7,9-12H2,1-3H3,(H,21,24). The number of sulfonamides is 1. The Bertz CT molecular complexity index is 947. The molecule has 3 heterocycles. The van der Waals surface area contributed by atoms with Gasteiger partial charge < -0.3 is 9.84 Å². The fraction of sp³-hybridized carbons (Fsp3) is 0.526. The fourth-order valence-corrected chi connectivity index (χ4v) is 5.32. The number of aromatic nitrogens is 2. The number of rotatable bonds is 7. The first-order valence-electron chi connectivity index (χ1n) is 9.48. The van der Waals surface area contributed by atoms with Crippen LogP contribution in [0.2, 0.25) is 0 Å². The molecule has 1 N–H and O–H groups in total. The zero-order valence-corrected chi connectivity index (χ0v) is 18.5. The summed E-state index contributed by atoms with van der Waals surface area (Å²) >= 11 is 1.48. The van der Waals surface area contributed by atoms with Gasteiger partial charge in [-0.25, -0.2) is 17.7 Å². The molecule has 1 aliphatic rings.